The predicted molar refractivity (Wildman–Crippen MR) is 108 cm³/mol. The minimum Gasteiger partial charge on any atom is -0.497 e. The summed E-state index contributed by atoms with van der Waals surface area (Å²) in [6.45, 7) is -0.420. The number of sulfonamides is 1. The largest absolute Gasteiger partial charge is 0.497 e. The molecule has 0 aliphatic rings. The molecule has 11 heteroatoms. The average Bonchev–Trinajstić information content (AvgIpc) is 3.41. The number of rotatable bonds is 9. The van der Waals surface area contributed by atoms with Crippen LogP contribution in [0.25, 0.3) is 0 Å². The monoisotopic (exact) mass is 457 g/mol. The van der Waals surface area contributed by atoms with Crippen molar-refractivity contribution in [3.63, 3.8) is 0 Å². The van der Waals surface area contributed by atoms with Gasteiger partial charge in [-0.2, -0.15) is 0 Å². The molecule has 1 unspecified atom stereocenters. The molecule has 0 bridgehead atoms. The summed E-state index contributed by atoms with van der Waals surface area (Å²) in [4.78, 5) is -0.161. The smallest absolute Gasteiger partial charge is 0.244 e. The number of methoxy groups -OCH3 is 2. The third kappa shape index (κ3) is 4.47. The molecule has 156 valence electrons. The molecule has 0 radical (unpaired) electrons. The molecule has 2 heterocycles. The van der Waals surface area contributed by atoms with Crippen LogP contribution in [0.2, 0.25) is 0 Å². The Morgan fingerprint density at radius 3 is 2.45 bits per heavy atom. The second kappa shape index (κ2) is 8.57. The number of furan rings is 1. The van der Waals surface area contributed by atoms with E-state index >= 15 is 0 Å². The van der Waals surface area contributed by atoms with Gasteiger partial charge in [-0.25, -0.2) is 21.6 Å². The highest BCUT2D eigenvalue weighted by molar-refractivity contribution is 7.93. The Bertz CT molecular complexity index is 1150. The Hall–Kier alpha value is -2.34. The SMILES string of the molecule is COc1ccc(OC)c(S(=O)(=O)NCC(c2ccco2)S(=O)(=O)c2cccs2)c1. The number of ether oxygens (including phenoxy) is 2. The highest BCUT2D eigenvalue weighted by Crippen LogP contribution is 2.33. The van der Waals surface area contributed by atoms with Gasteiger partial charge in [0.05, 0.1) is 20.5 Å². The van der Waals surface area contributed by atoms with Gasteiger partial charge >= 0.3 is 0 Å². The van der Waals surface area contributed by atoms with Gasteiger partial charge in [0.1, 0.15) is 31.6 Å². The zero-order valence-electron chi connectivity index (χ0n) is 15.6. The van der Waals surface area contributed by atoms with Crippen LogP contribution in [0, 0.1) is 0 Å². The average molecular weight is 458 g/mol. The Morgan fingerprint density at radius 2 is 1.86 bits per heavy atom. The molecule has 0 aliphatic carbocycles. The zero-order chi connectivity index (χ0) is 21.1. The number of hydrogen-bond acceptors (Lipinski definition) is 8. The van der Waals surface area contributed by atoms with Gasteiger partial charge in [0.15, 0.2) is 9.84 Å². The Balaban J connectivity index is 1.94. The first kappa shape index (κ1) is 21.4. The van der Waals surface area contributed by atoms with Gasteiger partial charge < -0.3 is 13.9 Å². The summed E-state index contributed by atoms with van der Waals surface area (Å²) in [6, 6.07) is 10.4. The minimum absolute atomic E-state index is 0.106. The minimum atomic E-state index is -4.11. The van der Waals surface area contributed by atoms with Crippen molar-refractivity contribution in [3.05, 3.63) is 59.9 Å². The first-order chi connectivity index (χ1) is 13.8. The van der Waals surface area contributed by atoms with E-state index in [2.05, 4.69) is 4.72 Å². The lowest BCUT2D eigenvalue weighted by Gasteiger charge is -2.17. The summed E-state index contributed by atoms with van der Waals surface area (Å²) in [5.41, 5.74) is 0. The predicted octanol–water partition coefficient (Wildman–Crippen LogP) is 2.85. The van der Waals surface area contributed by atoms with Crippen molar-refractivity contribution in [2.45, 2.75) is 14.4 Å². The molecule has 8 nitrogen and oxygen atoms in total. The third-order valence-electron chi connectivity index (χ3n) is 4.13. The molecule has 0 saturated carbocycles. The Kier molecular flexibility index (Phi) is 6.32. The second-order valence-corrected chi connectivity index (χ2v) is 10.9. The van der Waals surface area contributed by atoms with Crippen LogP contribution < -0.4 is 14.2 Å². The lowest BCUT2D eigenvalue weighted by molar-refractivity contribution is 0.392. The number of hydrogen-bond donors (Lipinski definition) is 1. The van der Waals surface area contributed by atoms with Crippen molar-refractivity contribution in [1.29, 1.82) is 0 Å². The topological polar surface area (TPSA) is 112 Å². The molecule has 0 spiro atoms. The molecule has 29 heavy (non-hydrogen) atoms. The van der Waals surface area contributed by atoms with Gasteiger partial charge in [0.25, 0.3) is 0 Å². The van der Waals surface area contributed by atoms with Crippen LogP contribution in [-0.2, 0) is 19.9 Å². The molecular formula is C18H19NO7S3. The maximum absolute atomic E-state index is 13.0. The van der Waals surface area contributed by atoms with E-state index < -0.39 is 31.7 Å². The summed E-state index contributed by atoms with van der Waals surface area (Å²) in [5, 5.41) is 0.403. The van der Waals surface area contributed by atoms with E-state index in [0.29, 0.717) is 5.75 Å². The van der Waals surface area contributed by atoms with Gasteiger partial charge in [0, 0.05) is 12.6 Å². The van der Waals surface area contributed by atoms with Crippen molar-refractivity contribution >= 4 is 31.2 Å². The third-order valence-corrected chi connectivity index (χ3v) is 9.07. The van der Waals surface area contributed by atoms with E-state index in [-0.39, 0.29) is 20.6 Å². The highest BCUT2D eigenvalue weighted by Gasteiger charge is 2.34. The van der Waals surface area contributed by atoms with Crippen LogP contribution in [0.5, 0.6) is 11.5 Å². The molecule has 1 N–H and O–H groups in total. The maximum atomic E-state index is 13.0. The van der Waals surface area contributed by atoms with Crippen LogP contribution in [-0.4, -0.2) is 37.6 Å². The zero-order valence-corrected chi connectivity index (χ0v) is 18.0. The van der Waals surface area contributed by atoms with Crippen molar-refractivity contribution < 1.29 is 30.7 Å². The van der Waals surface area contributed by atoms with E-state index in [1.165, 1.54) is 44.7 Å². The molecule has 1 atom stereocenters. The quantitative estimate of drug-likeness (QED) is 0.526. The van der Waals surface area contributed by atoms with Crippen molar-refractivity contribution in [1.82, 2.24) is 4.72 Å². The summed E-state index contributed by atoms with van der Waals surface area (Å²) in [7, 11) is -5.23. The first-order valence-electron chi connectivity index (χ1n) is 8.32. The molecule has 2 aromatic heterocycles. The van der Waals surface area contributed by atoms with Crippen LogP contribution in [0.15, 0.2) is 67.6 Å². The fourth-order valence-electron chi connectivity index (χ4n) is 2.66. The van der Waals surface area contributed by atoms with Crippen molar-refractivity contribution in [2.24, 2.45) is 0 Å². The van der Waals surface area contributed by atoms with Gasteiger partial charge in [-0.3, -0.25) is 0 Å². The molecule has 0 fully saturated rings. The van der Waals surface area contributed by atoms with Crippen molar-refractivity contribution in [2.75, 3.05) is 20.8 Å². The van der Waals surface area contributed by atoms with Gasteiger partial charge in [-0.05, 0) is 35.7 Å². The lowest BCUT2D eigenvalue weighted by atomic mass is 10.3. The molecule has 1 aromatic carbocycles. The number of sulfone groups is 1. The van der Waals surface area contributed by atoms with E-state index in [4.69, 9.17) is 13.9 Å². The van der Waals surface area contributed by atoms with Gasteiger partial charge in [-0.15, -0.1) is 11.3 Å². The van der Waals surface area contributed by atoms with E-state index in [1.807, 2.05) is 0 Å². The van der Waals surface area contributed by atoms with Crippen LogP contribution in [0.4, 0.5) is 0 Å². The fourth-order valence-corrected chi connectivity index (χ4v) is 6.79. The van der Waals surface area contributed by atoms with E-state index in [0.717, 1.165) is 11.3 Å². The second-order valence-electron chi connectivity index (χ2n) is 5.85. The van der Waals surface area contributed by atoms with Crippen LogP contribution >= 0.6 is 11.3 Å². The molecule has 0 saturated heterocycles. The fraction of sp³-hybridized carbons (Fsp3) is 0.222. The normalized spacial score (nSPS) is 13.2. The number of benzene rings is 1. The standard InChI is InChI=1S/C18H19NO7S3/c1-24-13-7-8-14(25-2)16(11-13)29(22,23)19-12-17(15-5-3-9-26-15)28(20,21)18-6-4-10-27-18/h3-11,17,19H,12H2,1-2H3. The highest BCUT2D eigenvalue weighted by atomic mass is 32.2. The van der Waals surface area contributed by atoms with E-state index in [9.17, 15) is 16.8 Å². The molecule has 3 rings (SSSR count). The Morgan fingerprint density at radius 1 is 1.07 bits per heavy atom. The molecule has 0 amide bonds. The first-order valence-corrected chi connectivity index (χ1v) is 12.2. The van der Waals surface area contributed by atoms with E-state index in [1.54, 1.807) is 23.6 Å². The molecular weight excluding hydrogens is 438 g/mol. The summed E-state index contributed by atoms with van der Waals surface area (Å²) >= 11 is 1.05. The van der Waals surface area contributed by atoms with Gasteiger partial charge in [-0.1, -0.05) is 6.07 Å². The molecule has 3 aromatic rings. The van der Waals surface area contributed by atoms with Crippen molar-refractivity contribution in [3.8, 4) is 11.5 Å². The number of thiophene rings is 1. The summed E-state index contributed by atoms with van der Waals surface area (Å²) in [5.74, 6) is 0.563. The number of nitrogens with one attached hydrogen (secondary N) is 1. The summed E-state index contributed by atoms with van der Waals surface area (Å²) < 4.78 is 69.8. The maximum Gasteiger partial charge on any atom is 0.244 e. The molecule has 0 aliphatic heterocycles. The van der Waals surface area contributed by atoms with Gasteiger partial charge in [0.2, 0.25) is 10.0 Å². The summed E-state index contributed by atoms with van der Waals surface area (Å²) in [6.07, 6.45) is 1.34. The van der Waals surface area contributed by atoms with Crippen LogP contribution in [0.1, 0.15) is 11.0 Å². The Labute approximate surface area is 173 Å². The van der Waals surface area contributed by atoms with Crippen LogP contribution in [0.3, 0.4) is 0 Å². The lowest BCUT2D eigenvalue weighted by Crippen LogP contribution is -2.32.